The lowest BCUT2D eigenvalue weighted by atomic mass is 9.92. The largest absolute Gasteiger partial charge is 0.508 e. The zero-order valence-corrected chi connectivity index (χ0v) is 11.7. The van der Waals surface area contributed by atoms with E-state index in [9.17, 15) is 10.2 Å². The molecule has 2 heterocycles. The first-order chi connectivity index (χ1) is 9.65. The van der Waals surface area contributed by atoms with Gasteiger partial charge in [0.25, 0.3) is 0 Å². The van der Waals surface area contributed by atoms with Gasteiger partial charge in [-0.15, -0.1) is 0 Å². The number of rotatable bonds is 2. The van der Waals surface area contributed by atoms with Crippen molar-refractivity contribution >= 4 is 16.6 Å². The molecule has 2 aromatic rings. The summed E-state index contributed by atoms with van der Waals surface area (Å²) in [5.74, 6) is 1.59. The van der Waals surface area contributed by atoms with Crippen molar-refractivity contribution in [3.63, 3.8) is 0 Å². The number of benzene rings is 1. The van der Waals surface area contributed by atoms with E-state index in [0.717, 1.165) is 42.5 Å². The van der Waals surface area contributed by atoms with Crippen molar-refractivity contribution in [3.05, 3.63) is 30.5 Å². The Hall–Kier alpha value is -1.81. The van der Waals surface area contributed by atoms with Gasteiger partial charge in [0.15, 0.2) is 0 Å². The predicted octanol–water partition coefficient (Wildman–Crippen LogP) is 2.54. The SMILES string of the molecule is CC(O)C1CCN(c2nccc3ccc(O)cc23)CC1. The molecule has 1 aliphatic rings. The van der Waals surface area contributed by atoms with E-state index in [4.69, 9.17) is 0 Å². The molecule has 2 N–H and O–H groups in total. The van der Waals surface area contributed by atoms with E-state index in [1.165, 1.54) is 0 Å². The molecule has 0 amide bonds. The van der Waals surface area contributed by atoms with Gasteiger partial charge in [0.05, 0.1) is 6.10 Å². The number of nitrogens with zero attached hydrogens (tertiary/aromatic N) is 2. The molecule has 0 radical (unpaired) electrons. The summed E-state index contributed by atoms with van der Waals surface area (Å²) < 4.78 is 0. The lowest BCUT2D eigenvalue weighted by Crippen LogP contribution is -2.37. The van der Waals surface area contributed by atoms with Gasteiger partial charge < -0.3 is 15.1 Å². The van der Waals surface area contributed by atoms with E-state index in [0.29, 0.717) is 5.92 Å². The third kappa shape index (κ3) is 2.43. The summed E-state index contributed by atoms with van der Waals surface area (Å²) in [4.78, 5) is 6.74. The molecular weight excluding hydrogens is 252 g/mol. The number of aromatic hydroxyl groups is 1. The Kier molecular flexibility index (Phi) is 3.49. The Bertz CT molecular complexity index is 604. The average Bonchev–Trinajstić information content (AvgIpc) is 2.46. The van der Waals surface area contributed by atoms with Crippen LogP contribution in [0.1, 0.15) is 19.8 Å². The highest BCUT2D eigenvalue weighted by Gasteiger charge is 2.24. The second-order valence-electron chi connectivity index (χ2n) is 5.61. The first kappa shape index (κ1) is 13.2. The molecular formula is C16H20N2O2. The van der Waals surface area contributed by atoms with Crippen molar-refractivity contribution in [1.82, 2.24) is 4.98 Å². The van der Waals surface area contributed by atoms with Crippen LogP contribution in [0.5, 0.6) is 5.75 Å². The van der Waals surface area contributed by atoms with E-state index in [1.807, 2.05) is 25.3 Å². The number of phenols is 1. The highest BCUT2D eigenvalue weighted by atomic mass is 16.3. The summed E-state index contributed by atoms with van der Waals surface area (Å²) in [7, 11) is 0. The number of hydrogen-bond acceptors (Lipinski definition) is 4. The van der Waals surface area contributed by atoms with Gasteiger partial charge in [-0.25, -0.2) is 4.98 Å². The van der Waals surface area contributed by atoms with E-state index in [1.54, 1.807) is 12.1 Å². The molecule has 3 rings (SSSR count). The number of hydrogen-bond donors (Lipinski definition) is 2. The molecule has 0 spiro atoms. The molecule has 1 fully saturated rings. The normalized spacial score (nSPS) is 18.4. The van der Waals surface area contributed by atoms with Gasteiger partial charge >= 0.3 is 0 Å². The second-order valence-corrected chi connectivity index (χ2v) is 5.61. The van der Waals surface area contributed by atoms with Crippen LogP contribution in [0.15, 0.2) is 30.5 Å². The van der Waals surface area contributed by atoms with E-state index in [-0.39, 0.29) is 11.9 Å². The standard InChI is InChI=1S/C16H20N2O2/c1-11(19)12-5-8-18(9-6-12)16-15-10-14(20)3-2-13(15)4-7-17-16/h2-4,7,10-12,19-20H,5-6,8-9H2,1H3. The smallest absolute Gasteiger partial charge is 0.136 e. The zero-order chi connectivity index (χ0) is 14.1. The van der Waals surface area contributed by atoms with Crippen LogP contribution >= 0.6 is 0 Å². The Morgan fingerprint density at radius 1 is 1.25 bits per heavy atom. The fourth-order valence-electron chi connectivity index (χ4n) is 2.99. The van der Waals surface area contributed by atoms with Crippen LogP contribution in [0, 0.1) is 5.92 Å². The maximum Gasteiger partial charge on any atom is 0.136 e. The van der Waals surface area contributed by atoms with Crippen molar-refractivity contribution < 1.29 is 10.2 Å². The molecule has 1 saturated heterocycles. The van der Waals surface area contributed by atoms with Crippen molar-refractivity contribution in [3.8, 4) is 5.75 Å². The third-order valence-electron chi connectivity index (χ3n) is 4.25. The number of phenolic OH excluding ortho intramolecular Hbond substituents is 1. The van der Waals surface area contributed by atoms with Crippen LogP contribution in [-0.2, 0) is 0 Å². The van der Waals surface area contributed by atoms with Crippen LogP contribution < -0.4 is 4.90 Å². The van der Waals surface area contributed by atoms with Gasteiger partial charge in [-0.05, 0) is 49.3 Å². The van der Waals surface area contributed by atoms with Crippen LogP contribution in [0.2, 0.25) is 0 Å². The number of fused-ring (bicyclic) bond motifs is 1. The van der Waals surface area contributed by atoms with Gasteiger partial charge in [0.1, 0.15) is 11.6 Å². The van der Waals surface area contributed by atoms with Crippen LogP contribution in [0.25, 0.3) is 10.8 Å². The molecule has 0 aliphatic carbocycles. The fourth-order valence-corrected chi connectivity index (χ4v) is 2.99. The fraction of sp³-hybridized carbons (Fsp3) is 0.438. The Morgan fingerprint density at radius 3 is 2.70 bits per heavy atom. The van der Waals surface area contributed by atoms with E-state index < -0.39 is 0 Å². The molecule has 1 atom stereocenters. The maximum absolute atomic E-state index is 9.69. The summed E-state index contributed by atoms with van der Waals surface area (Å²) >= 11 is 0. The number of piperidine rings is 1. The third-order valence-corrected chi connectivity index (χ3v) is 4.25. The monoisotopic (exact) mass is 272 g/mol. The first-order valence-electron chi connectivity index (χ1n) is 7.16. The summed E-state index contributed by atoms with van der Waals surface area (Å²) in [5.41, 5.74) is 0. The second kappa shape index (κ2) is 5.29. The summed E-state index contributed by atoms with van der Waals surface area (Å²) in [5, 5.41) is 21.4. The highest BCUT2D eigenvalue weighted by molar-refractivity contribution is 5.93. The van der Waals surface area contributed by atoms with Crippen molar-refractivity contribution in [1.29, 1.82) is 0 Å². The van der Waals surface area contributed by atoms with Gasteiger partial charge in [-0.2, -0.15) is 0 Å². The zero-order valence-electron chi connectivity index (χ0n) is 11.7. The molecule has 1 aromatic heterocycles. The number of aliphatic hydroxyl groups excluding tert-OH is 1. The van der Waals surface area contributed by atoms with E-state index >= 15 is 0 Å². The maximum atomic E-state index is 9.69. The minimum absolute atomic E-state index is 0.235. The molecule has 1 aromatic carbocycles. The molecule has 0 saturated carbocycles. The van der Waals surface area contributed by atoms with Gasteiger partial charge in [-0.3, -0.25) is 0 Å². The number of pyridine rings is 1. The summed E-state index contributed by atoms with van der Waals surface area (Å²) in [6.07, 6.45) is 3.54. The minimum Gasteiger partial charge on any atom is -0.508 e. The Morgan fingerprint density at radius 2 is 2.00 bits per heavy atom. The van der Waals surface area contributed by atoms with Gasteiger partial charge in [0.2, 0.25) is 0 Å². The lowest BCUT2D eigenvalue weighted by molar-refractivity contribution is 0.110. The molecule has 1 unspecified atom stereocenters. The minimum atomic E-state index is -0.235. The Balaban J connectivity index is 1.90. The highest BCUT2D eigenvalue weighted by Crippen LogP contribution is 2.31. The topological polar surface area (TPSA) is 56.6 Å². The van der Waals surface area contributed by atoms with Crippen LogP contribution in [-0.4, -0.2) is 34.4 Å². The molecule has 20 heavy (non-hydrogen) atoms. The molecule has 4 nitrogen and oxygen atoms in total. The lowest BCUT2D eigenvalue weighted by Gasteiger charge is -2.34. The Labute approximate surface area is 118 Å². The van der Waals surface area contributed by atoms with Crippen LogP contribution in [0.4, 0.5) is 5.82 Å². The average molecular weight is 272 g/mol. The number of aromatic nitrogens is 1. The summed E-state index contributed by atoms with van der Waals surface area (Å²) in [6.45, 7) is 3.67. The van der Waals surface area contributed by atoms with Crippen molar-refractivity contribution in [2.45, 2.75) is 25.9 Å². The molecule has 0 bridgehead atoms. The van der Waals surface area contributed by atoms with E-state index in [2.05, 4.69) is 9.88 Å². The summed E-state index contributed by atoms with van der Waals surface area (Å²) in [6, 6.07) is 7.35. The first-order valence-corrected chi connectivity index (χ1v) is 7.16. The predicted molar refractivity (Wildman–Crippen MR) is 80.0 cm³/mol. The van der Waals surface area contributed by atoms with Gasteiger partial charge in [0, 0.05) is 24.7 Å². The quantitative estimate of drug-likeness (QED) is 0.882. The number of anilines is 1. The molecule has 4 heteroatoms. The van der Waals surface area contributed by atoms with Gasteiger partial charge in [-0.1, -0.05) is 6.07 Å². The molecule has 1 aliphatic heterocycles. The van der Waals surface area contributed by atoms with Crippen molar-refractivity contribution in [2.75, 3.05) is 18.0 Å². The van der Waals surface area contributed by atoms with Crippen molar-refractivity contribution in [2.24, 2.45) is 5.92 Å². The molecule has 106 valence electrons. The number of aliphatic hydroxyl groups is 1. The van der Waals surface area contributed by atoms with Crippen LogP contribution in [0.3, 0.4) is 0 Å².